The van der Waals surface area contributed by atoms with Crippen LogP contribution in [-0.4, -0.2) is 53.6 Å². The van der Waals surface area contributed by atoms with Crippen molar-refractivity contribution in [2.75, 3.05) is 0 Å². The van der Waals surface area contributed by atoms with Gasteiger partial charge in [-0.3, -0.25) is 0 Å². The van der Waals surface area contributed by atoms with Gasteiger partial charge in [-0.25, -0.2) is 29.9 Å². The first-order valence-corrected chi connectivity index (χ1v) is 29.7. The molecular formula is C71H73ClN6O6S. The first kappa shape index (κ1) is 62.4. The van der Waals surface area contributed by atoms with Crippen molar-refractivity contribution in [1.29, 1.82) is 0 Å². The summed E-state index contributed by atoms with van der Waals surface area (Å²) in [5.74, 6) is 3.03. The zero-order valence-corrected chi connectivity index (χ0v) is 51.8. The summed E-state index contributed by atoms with van der Waals surface area (Å²) in [5, 5.41) is 31.3. The van der Waals surface area contributed by atoms with E-state index in [9.17, 15) is 23.7 Å². The molecular weight excluding hydrogens is 1100 g/mol. The van der Waals surface area contributed by atoms with E-state index in [4.69, 9.17) is 31.8 Å². The van der Waals surface area contributed by atoms with Crippen molar-refractivity contribution in [3.05, 3.63) is 228 Å². The molecule has 2 heterocycles. The highest BCUT2D eigenvalue weighted by atomic mass is 35.5. The average molecular weight is 1170 g/mol. The third-order valence-corrected chi connectivity index (χ3v) is 15.7. The summed E-state index contributed by atoms with van der Waals surface area (Å²) in [6.07, 6.45) is 0.739. The van der Waals surface area contributed by atoms with E-state index in [1.807, 2.05) is 60.7 Å². The largest absolute Gasteiger partial charge is 0.508 e. The number of rotatable bonds is 10. The second-order valence-electron chi connectivity index (χ2n) is 25.0. The molecule has 3 N–H and O–H groups in total. The predicted octanol–water partition coefficient (Wildman–Crippen LogP) is 17.2. The Morgan fingerprint density at radius 1 is 0.365 bits per heavy atom. The number of aromatic nitrogens is 6. The maximum atomic E-state index is 11.1. The smallest absolute Gasteiger partial charge is 0.312 e. The summed E-state index contributed by atoms with van der Waals surface area (Å²) in [6, 6.07) is 61.3. The molecule has 14 heteroatoms. The number of nitrogens with zero attached hydrogens (tertiary/aromatic N) is 6. The van der Waals surface area contributed by atoms with Gasteiger partial charge in [0.1, 0.15) is 17.2 Å². The fraction of sp³-hybridized carbons (Fsp3) is 0.239. The van der Waals surface area contributed by atoms with Gasteiger partial charge in [0.15, 0.2) is 34.9 Å². The zero-order chi connectivity index (χ0) is 61.5. The van der Waals surface area contributed by atoms with Crippen molar-refractivity contribution in [1.82, 2.24) is 29.9 Å². The molecule has 0 aliphatic rings. The number of hydrogen-bond acceptors (Lipinski definition) is 12. The molecule has 0 saturated heterocycles. The van der Waals surface area contributed by atoms with Crippen LogP contribution in [0, 0.1) is 0 Å². The molecule has 0 radical (unpaired) electrons. The molecule has 85 heavy (non-hydrogen) atoms. The van der Waals surface area contributed by atoms with Crippen LogP contribution in [-0.2, 0) is 41.9 Å². The molecule has 0 aliphatic carbocycles. The van der Waals surface area contributed by atoms with Crippen molar-refractivity contribution in [2.45, 2.75) is 116 Å². The molecule has 2 aromatic heterocycles. The first-order chi connectivity index (χ1) is 40.0. The van der Waals surface area contributed by atoms with Gasteiger partial charge in [0.25, 0.3) is 0 Å². The van der Waals surface area contributed by atoms with E-state index in [-0.39, 0.29) is 43.8 Å². The number of aromatic hydroxyl groups is 3. The lowest BCUT2D eigenvalue weighted by atomic mass is 9.86. The molecule has 0 unspecified atom stereocenters. The maximum absolute atomic E-state index is 11.1. The number of hydrogen-bond donors (Lipinski definition) is 3. The maximum Gasteiger partial charge on any atom is 0.312 e. The summed E-state index contributed by atoms with van der Waals surface area (Å²) < 4.78 is 25.5. The number of halogens is 1. The second kappa shape index (κ2) is 25.7. The van der Waals surface area contributed by atoms with Crippen molar-refractivity contribution in [2.24, 2.45) is 0 Å². The minimum atomic E-state index is -3.73. The van der Waals surface area contributed by atoms with Crippen LogP contribution in [0.3, 0.4) is 0 Å². The SMILES string of the molecule is CC(C)(C)c1ccc(-c2nc(-c3ccc(C(C)(C)C)cc3)nc(-c3ccc(Cc4ccccc4)cc3O)n2)cc1.CC(C)(C)c1ccc(-c2nc(-c3ccc(C(C)(C)C)cc3)nc(-c3ccc(O)cc3O)n2)cc1.O=S(=O)(OCl)c1ccccc1. The van der Waals surface area contributed by atoms with Crippen LogP contribution in [0.15, 0.2) is 199 Å². The topological polar surface area (TPSA) is 181 Å². The van der Waals surface area contributed by atoms with Gasteiger partial charge >= 0.3 is 10.1 Å². The van der Waals surface area contributed by atoms with Gasteiger partial charge < -0.3 is 15.3 Å². The molecule has 0 amide bonds. The Hall–Kier alpha value is -8.62. The fourth-order valence-electron chi connectivity index (χ4n) is 9.03. The van der Waals surface area contributed by atoms with E-state index in [2.05, 4.69) is 182 Å². The van der Waals surface area contributed by atoms with Crippen LogP contribution in [0.4, 0.5) is 0 Å². The summed E-state index contributed by atoms with van der Waals surface area (Å²) in [7, 11) is -3.73. The number of phenolic OH excluding ortho intramolecular Hbond substituents is 3. The lowest BCUT2D eigenvalue weighted by molar-refractivity contribution is 0.451. The summed E-state index contributed by atoms with van der Waals surface area (Å²) in [4.78, 5) is 28.7. The molecule has 10 rings (SSSR count). The normalized spacial score (nSPS) is 11.9. The molecule has 12 nitrogen and oxygen atoms in total. The van der Waals surface area contributed by atoms with E-state index in [1.165, 1.54) is 52.1 Å². The summed E-state index contributed by atoms with van der Waals surface area (Å²) in [6.45, 7) is 26.3. The highest BCUT2D eigenvalue weighted by Crippen LogP contribution is 2.36. The molecule has 0 spiro atoms. The molecule has 0 aliphatic heterocycles. The Balaban J connectivity index is 0.000000189. The fourth-order valence-corrected chi connectivity index (χ4v) is 9.81. The van der Waals surface area contributed by atoms with Gasteiger partial charge in [-0.05, 0) is 97.9 Å². The zero-order valence-electron chi connectivity index (χ0n) is 50.2. The third-order valence-electron chi connectivity index (χ3n) is 14.2. The van der Waals surface area contributed by atoms with Crippen molar-refractivity contribution >= 4 is 22.0 Å². The molecule has 0 saturated carbocycles. The van der Waals surface area contributed by atoms with Crippen LogP contribution in [0.1, 0.15) is 116 Å². The highest BCUT2D eigenvalue weighted by molar-refractivity contribution is 7.87. The first-order valence-electron chi connectivity index (χ1n) is 28.0. The van der Waals surface area contributed by atoms with Gasteiger partial charge in [0, 0.05) is 28.3 Å². The summed E-state index contributed by atoms with van der Waals surface area (Å²) >= 11 is 4.74. The lowest BCUT2D eigenvalue weighted by Crippen LogP contribution is -2.11. The quantitative estimate of drug-likeness (QED) is 0.118. The Kier molecular flexibility index (Phi) is 18.9. The highest BCUT2D eigenvalue weighted by Gasteiger charge is 2.22. The van der Waals surface area contributed by atoms with Gasteiger partial charge in [-0.1, -0.05) is 235 Å². The number of phenols is 3. The lowest BCUT2D eigenvalue weighted by Gasteiger charge is -2.19. The average Bonchev–Trinajstić information content (AvgIpc) is 3.10. The molecule has 10 aromatic rings. The Labute approximate surface area is 505 Å². The van der Waals surface area contributed by atoms with Gasteiger partial charge in [-0.15, -0.1) is 0 Å². The number of benzene rings is 8. The molecule has 0 bridgehead atoms. The van der Waals surface area contributed by atoms with E-state index in [0.717, 1.165) is 34.2 Å². The predicted molar refractivity (Wildman–Crippen MR) is 342 cm³/mol. The van der Waals surface area contributed by atoms with E-state index >= 15 is 0 Å². The molecule has 8 aromatic carbocycles. The summed E-state index contributed by atoms with van der Waals surface area (Å²) in [5.41, 5.74) is 11.9. The van der Waals surface area contributed by atoms with Crippen molar-refractivity contribution in [3.63, 3.8) is 0 Å². The van der Waals surface area contributed by atoms with Crippen molar-refractivity contribution < 1.29 is 27.5 Å². The molecule has 436 valence electrons. The minimum absolute atomic E-state index is 0.0220. The second-order valence-corrected chi connectivity index (χ2v) is 26.9. The van der Waals surface area contributed by atoms with Gasteiger partial charge in [-0.2, -0.15) is 12.2 Å². The minimum Gasteiger partial charge on any atom is -0.508 e. The monoisotopic (exact) mass is 1170 g/mol. The third kappa shape index (κ3) is 16.2. The molecule has 0 fully saturated rings. The van der Waals surface area contributed by atoms with Crippen LogP contribution < -0.4 is 0 Å². The standard InChI is InChI=1S/C36H37N3O.C29H31N3O2.C6H5ClO3S/c1-35(2,3)28-17-13-26(14-18-28)32-37-33(27-15-19-29(20-16-27)36(4,5)6)39-34(38-32)30-21-12-25(23-31(30)40)22-24-10-8-7-9-11-24;1-28(2,3)20-11-7-18(8-12-20)25-30-26(19-9-13-21(14-10-19)29(4,5)6)32-27(31-25)23-16-15-22(33)17-24(23)34;7-10-11(8,9)6-4-2-1-3-5-6/h7-21,23,40H,22H2,1-6H3;7-17,33-34H,1-6H3;1-5H. The molecule has 0 atom stereocenters. The Bertz CT molecular complexity index is 3860. The Morgan fingerprint density at radius 2 is 0.671 bits per heavy atom. The van der Waals surface area contributed by atoms with Gasteiger partial charge in [0.2, 0.25) is 0 Å². The van der Waals surface area contributed by atoms with Crippen LogP contribution in [0.5, 0.6) is 17.2 Å². The van der Waals surface area contributed by atoms with E-state index in [1.54, 1.807) is 24.3 Å². The Morgan fingerprint density at radius 3 is 0.976 bits per heavy atom. The van der Waals surface area contributed by atoms with Crippen LogP contribution >= 0.6 is 11.9 Å². The van der Waals surface area contributed by atoms with E-state index < -0.39 is 10.1 Å². The van der Waals surface area contributed by atoms with Crippen LogP contribution in [0.25, 0.3) is 68.3 Å². The van der Waals surface area contributed by atoms with Crippen molar-refractivity contribution in [3.8, 4) is 85.6 Å². The van der Waals surface area contributed by atoms with Gasteiger partial charge in [0.05, 0.1) is 27.9 Å². The van der Waals surface area contributed by atoms with Crippen LogP contribution in [0.2, 0.25) is 0 Å². The van der Waals surface area contributed by atoms with E-state index in [0.29, 0.717) is 46.1 Å².